The molecule has 1 amide bonds. The van der Waals surface area contributed by atoms with Crippen molar-refractivity contribution in [3.63, 3.8) is 0 Å². The van der Waals surface area contributed by atoms with E-state index in [0.717, 1.165) is 24.9 Å². The molecule has 1 N–H and O–H groups in total. The summed E-state index contributed by atoms with van der Waals surface area (Å²) >= 11 is 0. The maximum Gasteiger partial charge on any atom is 0.269 e. The van der Waals surface area contributed by atoms with Gasteiger partial charge in [0.25, 0.3) is 5.91 Å². The molecule has 170 valence electrons. The van der Waals surface area contributed by atoms with Crippen LogP contribution in [0.4, 0.5) is 0 Å². The maximum atomic E-state index is 12.8. The van der Waals surface area contributed by atoms with Gasteiger partial charge in [-0.1, -0.05) is 82.9 Å². The second kappa shape index (κ2) is 12.2. The van der Waals surface area contributed by atoms with E-state index in [1.54, 1.807) is 12.5 Å². The molecule has 0 bridgehead atoms. The highest BCUT2D eigenvalue weighted by atomic mass is 16.1. The lowest BCUT2D eigenvalue weighted by Gasteiger charge is -2.16. The van der Waals surface area contributed by atoms with Gasteiger partial charge >= 0.3 is 0 Å². The molecule has 4 heteroatoms. The first-order chi connectivity index (χ1) is 15.7. The van der Waals surface area contributed by atoms with E-state index in [9.17, 15) is 4.79 Å². The van der Waals surface area contributed by atoms with E-state index < -0.39 is 0 Å². The molecule has 3 rings (SSSR count). The van der Waals surface area contributed by atoms with Gasteiger partial charge in [0.1, 0.15) is 5.69 Å². The lowest BCUT2D eigenvalue weighted by molar-refractivity contribution is 0.0939. The number of carbonyl (C=O) groups excluding carboxylic acids is 1. The summed E-state index contributed by atoms with van der Waals surface area (Å²) in [7, 11) is 0. The third-order valence-electron chi connectivity index (χ3n) is 6.22. The molecule has 0 aliphatic carbocycles. The molecule has 0 spiro atoms. The molecule has 32 heavy (non-hydrogen) atoms. The number of carbonyl (C=O) groups is 1. The van der Waals surface area contributed by atoms with Crippen LogP contribution in [0.25, 0.3) is 16.8 Å². The Kier molecular flexibility index (Phi) is 9.09. The number of benzene rings is 2. The Labute approximate surface area is 193 Å². The monoisotopic (exact) mass is 431 g/mol. The van der Waals surface area contributed by atoms with Gasteiger partial charge in [0.2, 0.25) is 0 Å². The Morgan fingerprint density at radius 1 is 0.938 bits per heavy atom. The zero-order chi connectivity index (χ0) is 22.8. The average molecular weight is 432 g/mol. The molecule has 1 atom stereocenters. The smallest absolute Gasteiger partial charge is 0.269 e. The van der Waals surface area contributed by atoms with E-state index >= 15 is 0 Å². The molecule has 2 aromatic carbocycles. The Hall–Kier alpha value is -2.88. The summed E-state index contributed by atoms with van der Waals surface area (Å²) in [4.78, 5) is 17.1. The highest BCUT2D eigenvalue weighted by Crippen LogP contribution is 2.23. The molecule has 0 saturated heterocycles. The van der Waals surface area contributed by atoms with Crippen LogP contribution in [0.3, 0.4) is 0 Å². The molecule has 4 nitrogen and oxygen atoms in total. The van der Waals surface area contributed by atoms with Gasteiger partial charge < -0.3 is 5.32 Å². The van der Waals surface area contributed by atoms with Gasteiger partial charge in [-0.3, -0.25) is 9.36 Å². The lowest BCUT2D eigenvalue weighted by atomic mass is 9.99. The third kappa shape index (κ3) is 6.32. The Bertz CT molecular complexity index is 957. The van der Waals surface area contributed by atoms with E-state index in [0.29, 0.717) is 18.2 Å². The van der Waals surface area contributed by atoms with E-state index in [-0.39, 0.29) is 5.91 Å². The minimum Gasteiger partial charge on any atom is -0.350 e. The fourth-order valence-electron chi connectivity index (χ4n) is 4.00. The molecular weight excluding hydrogens is 394 g/mol. The van der Waals surface area contributed by atoms with Crippen LogP contribution in [-0.4, -0.2) is 22.0 Å². The average Bonchev–Trinajstić information content (AvgIpc) is 3.33. The van der Waals surface area contributed by atoms with Crippen molar-refractivity contribution in [2.45, 2.75) is 65.7 Å². The molecular formula is C28H37N3O. The van der Waals surface area contributed by atoms with Crippen LogP contribution in [0.15, 0.2) is 61.1 Å². The number of hydrogen-bond donors (Lipinski definition) is 1. The van der Waals surface area contributed by atoms with Crippen LogP contribution < -0.4 is 5.32 Å². The molecule has 0 radical (unpaired) electrons. The molecule has 1 unspecified atom stereocenters. The molecule has 1 aromatic heterocycles. The number of aromatic nitrogens is 2. The van der Waals surface area contributed by atoms with Crippen molar-refractivity contribution in [2.75, 3.05) is 6.54 Å². The third-order valence-corrected chi connectivity index (χ3v) is 6.22. The van der Waals surface area contributed by atoms with Crippen molar-refractivity contribution in [2.24, 2.45) is 5.92 Å². The molecule has 1 heterocycles. The second-order valence-electron chi connectivity index (χ2n) is 8.62. The predicted molar refractivity (Wildman–Crippen MR) is 133 cm³/mol. The van der Waals surface area contributed by atoms with Gasteiger partial charge in [0.15, 0.2) is 0 Å². The summed E-state index contributed by atoms with van der Waals surface area (Å²) in [6.45, 7) is 7.34. The van der Waals surface area contributed by atoms with Crippen molar-refractivity contribution in [1.29, 1.82) is 0 Å². The number of amides is 1. The summed E-state index contributed by atoms with van der Waals surface area (Å²) in [5.74, 6) is 0.465. The maximum absolute atomic E-state index is 12.8. The predicted octanol–water partition coefficient (Wildman–Crippen LogP) is 6.83. The lowest BCUT2D eigenvalue weighted by Crippen LogP contribution is -2.30. The Morgan fingerprint density at radius 3 is 2.22 bits per heavy atom. The van der Waals surface area contributed by atoms with Gasteiger partial charge in [-0.05, 0) is 54.0 Å². The summed E-state index contributed by atoms with van der Waals surface area (Å²) in [5, 5.41) is 3.11. The van der Waals surface area contributed by atoms with Gasteiger partial charge in [0, 0.05) is 12.2 Å². The topological polar surface area (TPSA) is 46.9 Å². The van der Waals surface area contributed by atoms with Gasteiger partial charge in [0.05, 0.1) is 12.5 Å². The normalized spacial score (nSPS) is 12.0. The summed E-state index contributed by atoms with van der Waals surface area (Å²) in [6.07, 6.45) is 11.6. The zero-order valence-electron chi connectivity index (χ0n) is 19.8. The molecule has 0 aliphatic rings. The quantitative estimate of drug-likeness (QED) is 0.342. The standard InChI is InChI=1S/C28H37N3O/c1-4-7-9-22(6-3)19-30-28(32)27-20-29-21-31(27)26-17-15-25(16-18-26)24-13-11-23(12-14-24)10-8-5-2/h11-18,20-22H,4-10,19H2,1-3H3,(H,30,32). The van der Waals surface area contributed by atoms with Crippen LogP contribution >= 0.6 is 0 Å². The first-order valence-electron chi connectivity index (χ1n) is 12.2. The summed E-state index contributed by atoms with van der Waals surface area (Å²) in [6, 6.07) is 17.1. The number of hydrogen-bond acceptors (Lipinski definition) is 2. The van der Waals surface area contributed by atoms with Crippen molar-refractivity contribution < 1.29 is 4.79 Å². The van der Waals surface area contributed by atoms with Crippen LogP contribution in [0.1, 0.15) is 75.3 Å². The van der Waals surface area contributed by atoms with Crippen LogP contribution in [0.5, 0.6) is 0 Å². The number of aryl methyl sites for hydroxylation is 1. The fourth-order valence-corrected chi connectivity index (χ4v) is 4.00. The van der Waals surface area contributed by atoms with Crippen molar-refractivity contribution >= 4 is 5.91 Å². The van der Waals surface area contributed by atoms with Crippen molar-refractivity contribution in [1.82, 2.24) is 14.9 Å². The summed E-state index contributed by atoms with van der Waals surface area (Å²) < 4.78 is 1.86. The Morgan fingerprint density at radius 2 is 1.59 bits per heavy atom. The van der Waals surface area contributed by atoms with Gasteiger partial charge in [-0.2, -0.15) is 0 Å². The van der Waals surface area contributed by atoms with E-state index in [2.05, 4.69) is 79.6 Å². The van der Waals surface area contributed by atoms with Crippen LogP contribution in [0.2, 0.25) is 0 Å². The van der Waals surface area contributed by atoms with Crippen molar-refractivity contribution in [3.8, 4) is 16.8 Å². The first kappa shape index (κ1) is 23.8. The van der Waals surface area contributed by atoms with E-state index in [1.807, 2.05) is 4.57 Å². The second-order valence-corrected chi connectivity index (χ2v) is 8.62. The first-order valence-corrected chi connectivity index (χ1v) is 12.2. The highest BCUT2D eigenvalue weighted by molar-refractivity contribution is 5.93. The number of imidazole rings is 1. The van der Waals surface area contributed by atoms with E-state index in [1.165, 1.54) is 42.4 Å². The number of rotatable bonds is 12. The van der Waals surface area contributed by atoms with Crippen LogP contribution in [-0.2, 0) is 6.42 Å². The summed E-state index contributed by atoms with van der Waals surface area (Å²) in [5.41, 5.74) is 5.28. The minimum atomic E-state index is -0.0656. The highest BCUT2D eigenvalue weighted by Gasteiger charge is 2.15. The van der Waals surface area contributed by atoms with Crippen molar-refractivity contribution in [3.05, 3.63) is 72.3 Å². The SMILES string of the molecule is CCCCc1ccc(-c2ccc(-n3cncc3C(=O)NCC(CC)CCCC)cc2)cc1. The number of unbranched alkanes of at least 4 members (excludes halogenated alkanes) is 2. The fraction of sp³-hybridized carbons (Fsp3) is 0.429. The minimum absolute atomic E-state index is 0.0656. The zero-order valence-corrected chi connectivity index (χ0v) is 19.8. The van der Waals surface area contributed by atoms with E-state index in [4.69, 9.17) is 0 Å². The van der Waals surface area contributed by atoms with Gasteiger partial charge in [-0.25, -0.2) is 4.98 Å². The van der Waals surface area contributed by atoms with Crippen LogP contribution in [0, 0.1) is 5.92 Å². The molecule has 0 fully saturated rings. The number of nitrogens with zero attached hydrogens (tertiary/aromatic N) is 2. The Balaban J connectivity index is 1.67. The largest absolute Gasteiger partial charge is 0.350 e. The van der Waals surface area contributed by atoms with Gasteiger partial charge in [-0.15, -0.1) is 0 Å². The number of nitrogens with one attached hydrogen (secondary N) is 1. The molecule has 3 aromatic rings. The molecule has 0 aliphatic heterocycles. The molecule has 0 saturated carbocycles.